The fourth-order valence-electron chi connectivity index (χ4n) is 1.74. The van der Waals surface area contributed by atoms with Crippen LogP contribution in [0.2, 0.25) is 0 Å². The third-order valence-corrected chi connectivity index (χ3v) is 4.29. The van der Waals surface area contributed by atoms with E-state index in [9.17, 15) is 0 Å². The number of ether oxygens (including phenoxy) is 1. The van der Waals surface area contributed by atoms with Gasteiger partial charge in [0.25, 0.3) is 0 Å². The maximum Gasteiger partial charge on any atom is 0.146 e. The number of thiophene rings is 2. The van der Waals surface area contributed by atoms with Gasteiger partial charge in [-0.3, -0.25) is 0 Å². The van der Waals surface area contributed by atoms with Crippen molar-refractivity contribution in [1.82, 2.24) is 0 Å². The molecule has 2 aromatic rings. The molecule has 3 rings (SSSR count). The molecule has 3 heterocycles. The van der Waals surface area contributed by atoms with Crippen molar-refractivity contribution in [3.63, 3.8) is 0 Å². The van der Waals surface area contributed by atoms with E-state index >= 15 is 0 Å². The van der Waals surface area contributed by atoms with Crippen LogP contribution in [0.1, 0.15) is 9.75 Å². The zero-order chi connectivity index (χ0) is 12.4. The Bertz CT molecular complexity index is 619. The van der Waals surface area contributed by atoms with Crippen LogP contribution >= 0.6 is 22.7 Å². The Morgan fingerprint density at radius 1 is 1.17 bits per heavy atom. The van der Waals surface area contributed by atoms with Crippen LogP contribution in [0.25, 0.3) is 6.08 Å². The van der Waals surface area contributed by atoms with Crippen LogP contribution in [0.5, 0.6) is 0 Å². The quantitative estimate of drug-likeness (QED) is 0.822. The number of hydrogen-bond acceptors (Lipinski definition) is 4. The number of allylic oxidation sites excluding steroid dienone is 1. The second kappa shape index (κ2) is 4.92. The molecule has 0 aromatic carbocycles. The van der Waals surface area contributed by atoms with Gasteiger partial charge in [-0.1, -0.05) is 12.1 Å². The van der Waals surface area contributed by atoms with Gasteiger partial charge in [0.2, 0.25) is 0 Å². The van der Waals surface area contributed by atoms with Crippen LogP contribution in [-0.2, 0) is 4.74 Å². The van der Waals surface area contributed by atoms with Crippen molar-refractivity contribution in [1.29, 1.82) is 0 Å². The Balaban J connectivity index is 1.98. The zero-order valence-electron chi connectivity index (χ0n) is 9.79. The average Bonchev–Trinajstić information content (AvgIpc) is 3.10. The van der Waals surface area contributed by atoms with Gasteiger partial charge < -0.3 is 4.74 Å². The summed E-state index contributed by atoms with van der Waals surface area (Å²) in [5.41, 5.74) is 1.87. The van der Waals surface area contributed by atoms with E-state index in [0.717, 1.165) is 17.2 Å². The van der Waals surface area contributed by atoms with Crippen molar-refractivity contribution in [3.8, 4) is 0 Å². The molecule has 1 aliphatic rings. The number of hydrogen-bond donors (Lipinski definition) is 0. The Kier molecular flexibility index (Phi) is 3.13. The first-order valence-corrected chi connectivity index (χ1v) is 7.26. The van der Waals surface area contributed by atoms with E-state index in [1.807, 2.05) is 18.2 Å². The molecule has 0 saturated heterocycles. The van der Waals surface area contributed by atoms with Crippen LogP contribution in [0, 0.1) is 0 Å². The average molecular weight is 273 g/mol. The maximum absolute atomic E-state index is 5.39. The first kappa shape index (κ1) is 11.4. The van der Waals surface area contributed by atoms with Crippen molar-refractivity contribution >= 4 is 34.5 Å². The topological polar surface area (TPSA) is 21.6 Å². The van der Waals surface area contributed by atoms with E-state index in [4.69, 9.17) is 4.74 Å². The van der Waals surface area contributed by atoms with Gasteiger partial charge in [-0.2, -0.15) is 0 Å². The zero-order valence-corrected chi connectivity index (χ0v) is 11.4. The normalized spacial score (nSPS) is 16.8. The standard InChI is InChI=1S/C14H11NOS2/c1-16-13-9-12(14-5-3-7-18-14)15-11(13)8-10-4-2-6-17-10/h2-9H,1H3/b11-8-. The molecule has 0 bridgehead atoms. The molecule has 2 aromatic heterocycles. The molecule has 0 aliphatic carbocycles. The van der Waals surface area contributed by atoms with Gasteiger partial charge in [0, 0.05) is 11.0 Å². The highest BCUT2D eigenvalue weighted by atomic mass is 32.1. The molecule has 90 valence electrons. The van der Waals surface area contributed by atoms with Gasteiger partial charge in [-0.15, -0.1) is 22.7 Å². The van der Waals surface area contributed by atoms with E-state index in [1.165, 1.54) is 9.75 Å². The minimum Gasteiger partial charge on any atom is -0.494 e. The smallest absolute Gasteiger partial charge is 0.146 e. The highest BCUT2D eigenvalue weighted by Gasteiger charge is 2.16. The second-order valence-corrected chi connectivity index (χ2v) is 5.66. The van der Waals surface area contributed by atoms with E-state index in [-0.39, 0.29) is 0 Å². The van der Waals surface area contributed by atoms with Crippen molar-refractivity contribution < 1.29 is 4.74 Å². The summed E-state index contributed by atoms with van der Waals surface area (Å²) in [7, 11) is 1.68. The first-order chi connectivity index (χ1) is 8.86. The third-order valence-electron chi connectivity index (χ3n) is 2.58. The molecule has 0 fully saturated rings. The summed E-state index contributed by atoms with van der Waals surface area (Å²) < 4.78 is 5.39. The monoisotopic (exact) mass is 273 g/mol. The molecule has 0 spiro atoms. The molecular formula is C14H11NOS2. The van der Waals surface area contributed by atoms with Crippen molar-refractivity contribution in [2.24, 2.45) is 4.99 Å². The summed E-state index contributed by atoms with van der Waals surface area (Å²) in [5.74, 6) is 0.826. The van der Waals surface area contributed by atoms with Crippen LogP contribution < -0.4 is 0 Å². The molecule has 0 radical (unpaired) electrons. The Morgan fingerprint density at radius 2 is 2.00 bits per heavy atom. The molecule has 0 atom stereocenters. The molecule has 0 saturated carbocycles. The van der Waals surface area contributed by atoms with Crippen molar-refractivity contribution in [3.05, 3.63) is 62.3 Å². The molecule has 1 aliphatic heterocycles. The fourth-order valence-corrected chi connectivity index (χ4v) is 3.08. The lowest BCUT2D eigenvalue weighted by molar-refractivity contribution is 0.303. The van der Waals surface area contributed by atoms with Gasteiger partial charge in [-0.05, 0) is 29.0 Å². The van der Waals surface area contributed by atoms with E-state index in [1.54, 1.807) is 29.8 Å². The summed E-state index contributed by atoms with van der Waals surface area (Å²) >= 11 is 3.38. The van der Waals surface area contributed by atoms with Gasteiger partial charge in [0.15, 0.2) is 0 Å². The Morgan fingerprint density at radius 3 is 2.67 bits per heavy atom. The Hall–Kier alpha value is -1.65. The summed E-state index contributed by atoms with van der Waals surface area (Å²) in [6.07, 6.45) is 4.05. The molecule has 18 heavy (non-hydrogen) atoms. The van der Waals surface area contributed by atoms with Crippen LogP contribution in [0.4, 0.5) is 0 Å². The lowest BCUT2D eigenvalue weighted by atomic mass is 10.3. The van der Waals surface area contributed by atoms with Crippen LogP contribution in [0.3, 0.4) is 0 Å². The number of nitrogens with zero attached hydrogens (tertiary/aromatic N) is 1. The fraction of sp³-hybridized carbons (Fsp3) is 0.0714. The summed E-state index contributed by atoms with van der Waals surface area (Å²) in [6, 6.07) is 8.21. The number of aliphatic imine (C=N–C) groups is 1. The predicted octanol–water partition coefficient (Wildman–Crippen LogP) is 4.18. The lowest BCUT2D eigenvalue weighted by Gasteiger charge is -1.99. The minimum atomic E-state index is 0.826. The predicted molar refractivity (Wildman–Crippen MR) is 78.2 cm³/mol. The van der Waals surface area contributed by atoms with Gasteiger partial charge in [0.1, 0.15) is 11.5 Å². The highest BCUT2D eigenvalue weighted by molar-refractivity contribution is 7.12. The maximum atomic E-state index is 5.39. The van der Waals surface area contributed by atoms with Gasteiger partial charge in [0.05, 0.1) is 17.7 Å². The molecular weight excluding hydrogens is 262 g/mol. The minimum absolute atomic E-state index is 0.826. The number of rotatable bonds is 3. The summed E-state index contributed by atoms with van der Waals surface area (Å²) in [6.45, 7) is 0. The molecule has 0 unspecified atom stereocenters. The first-order valence-electron chi connectivity index (χ1n) is 5.50. The van der Waals surface area contributed by atoms with Crippen molar-refractivity contribution in [2.45, 2.75) is 0 Å². The third kappa shape index (κ3) is 2.17. The summed E-state index contributed by atoms with van der Waals surface area (Å²) in [5, 5.41) is 4.11. The Labute approximate surface area is 114 Å². The summed E-state index contributed by atoms with van der Waals surface area (Å²) in [4.78, 5) is 6.99. The van der Waals surface area contributed by atoms with E-state index in [0.29, 0.717) is 0 Å². The highest BCUT2D eigenvalue weighted by Crippen LogP contribution is 2.27. The van der Waals surface area contributed by atoms with E-state index < -0.39 is 0 Å². The van der Waals surface area contributed by atoms with Crippen molar-refractivity contribution in [2.75, 3.05) is 7.11 Å². The molecule has 4 heteroatoms. The largest absolute Gasteiger partial charge is 0.494 e. The lowest BCUT2D eigenvalue weighted by Crippen LogP contribution is -1.88. The molecule has 0 amide bonds. The van der Waals surface area contributed by atoms with Crippen LogP contribution in [0.15, 0.2) is 57.6 Å². The van der Waals surface area contributed by atoms with E-state index in [2.05, 4.69) is 34.0 Å². The van der Waals surface area contributed by atoms with Gasteiger partial charge in [-0.25, -0.2) is 4.99 Å². The molecule has 0 N–H and O–H groups in total. The molecule has 2 nitrogen and oxygen atoms in total. The SMILES string of the molecule is COC1=CC(c2cccs2)=N/C1=C\c1cccs1. The van der Waals surface area contributed by atoms with Gasteiger partial charge >= 0.3 is 0 Å². The number of methoxy groups -OCH3 is 1. The second-order valence-electron chi connectivity index (χ2n) is 3.73. The van der Waals surface area contributed by atoms with Crippen LogP contribution in [-0.4, -0.2) is 12.8 Å².